The van der Waals surface area contributed by atoms with Crippen molar-refractivity contribution in [2.24, 2.45) is 0 Å². The smallest absolute Gasteiger partial charge is 0.226 e. The molecule has 0 fully saturated rings. The highest BCUT2D eigenvalue weighted by atomic mass is 32.1. The van der Waals surface area contributed by atoms with Crippen LogP contribution in [0.2, 0.25) is 0 Å². The molecule has 0 spiro atoms. The second-order valence-corrected chi connectivity index (χ2v) is 6.60. The SMILES string of the molecule is CCc1ccc(-c2nc(CC(=O)NCc3ccccc3F)cs2)cc1. The third-order valence-electron chi connectivity index (χ3n) is 3.94. The van der Waals surface area contributed by atoms with Crippen LogP contribution >= 0.6 is 11.3 Å². The highest BCUT2D eigenvalue weighted by Gasteiger charge is 2.10. The molecule has 0 aliphatic heterocycles. The van der Waals surface area contributed by atoms with Crippen LogP contribution in [-0.4, -0.2) is 10.9 Å². The van der Waals surface area contributed by atoms with Gasteiger partial charge in [0.15, 0.2) is 0 Å². The standard InChI is InChI=1S/C20H19FN2OS/c1-2-14-7-9-15(10-8-14)20-23-17(13-25-20)11-19(24)22-12-16-5-3-4-6-18(16)21/h3-10,13H,2,11-12H2,1H3,(H,22,24). The van der Waals surface area contributed by atoms with Crippen LogP contribution in [0.1, 0.15) is 23.7 Å². The van der Waals surface area contributed by atoms with Crippen LogP contribution in [0.15, 0.2) is 53.9 Å². The van der Waals surface area contributed by atoms with Crippen molar-refractivity contribution in [3.63, 3.8) is 0 Å². The Balaban J connectivity index is 1.59. The molecule has 1 amide bonds. The molecule has 2 aromatic carbocycles. The average molecular weight is 354 g/mol. The van der Waals surface area contributed by atoms with E-state index in [4.69, 9.17) is 0 Å². The fourth-order valence-electron chi connectivity index (χ4n) is 2.47. The fraction of sp³-hybridized carbons (Fsp3) is 0.200. The van der Waals surface area contributed by atoms with Gasteiger partial charge in [0.2, 0.25) is 5.91 Å². The number of amides is 1. The molecule has 0 aliphatic rings. The molecule has 25 heavy (non-hydrogen) atoms. The molecule has 3 aromatic rings. The molecular formula is C20H19FN2OS. The summed E-state index contributed by atoms with van der Waals surface area (Å²) in [4.78, 5) is 16.6. The van der Waals surface area contributed by atoms with Crippen molar-refractivity contribution < 1.29 is 9.18 Å². The zero-order chi connectivity index (χ0) is 17.6. The summed E-state index contributed by atoms with van der Waals surface area (Å²) in [7, 11) is 0. The Kier molecular flexibility index (Phi) is 5.56. The minimum absolute atomic E-state index is 0.165. The van der Waals surface area contributed by atoms with E-state index in [1.165, 1.54) is 23.0 Å². The summed E-state index contributed by atoms with van der Waals surface area (Å²) in [6.45, 7) is 2.30. The summed E-state index contributed by atoms with van der Waals surface area (Å²) in [6, 6.07) is 14.7. The van der Waals surface area contributed by atoms with Gasteiger partial charge < -0.3 is 5.32 Å². The Bertz CT molecular complexity index is 858. The molecule has 0 unspecified atom stereocenters. The fourth-order valence-corrected chi connectivity index (χ4v) is 3.29. The molecule has 3 nitrogen and oxygen atoms in total. The summed E-state index contributed by atoms with van der Waals surface area (Å²) in [6.07, 6.45) is 1.20. The number of benzene rings is 2. The van der Waals surface area contributed by atoms with Gasteiger partial charge in [-0.25, -0.2) is 9.37 Å². The number of rotatable bonds is 6. The molecule has 1 N–H and O–H groups in total. The lowest BCUT2D eigenvalue weighted by atomic mass is 10.1. The van der Waals surface area contributed by atoms with Crippen LogP contribution in [0, 0.1) is 5.82 Å². The molecule has 0 saturated carbocycles. The van der Waals surface area contributed by atoms with E-state index in [0.717, 1.165) is 22.7 Å². The van der Waals surface area contributed by atoms with E-state index in [1.54, 1.807) is 18.2 Å². The quantitative estimate of drug-likeness (QED) is 0.714. The lowest BCUT2D eigenvalue weighted by Gasteiger charge is -2.05. The van der Waals surface area contributed by atoms with Crippen molar-refractivity contribution >= 4 is 17.2 Å². The number of nitrogens with zero attached hydrogens (tertiary/aromatic N) is 1. The Hall–Kier alpha value is -2.53. The first-order chi connectivity index (χ1) is 12.2. The van der Waals surface area contributed by atoms with Gasteiger partial charge in [0, 0.05) is 23.1 Å². The molecule has 1 heterocycles. The maximum atomic E-state index is 13.6. The van der Waals surface area contributed by atoms with Crippen molar-refractivity contribution in [2.45, 2.75) is 26.3 Å². The largest absolute Gasteiger partial charge is 0.352 e. The van der Waals surface area contributed by atoms with Gasteiger partial charge in [0.25, 0.3) is 0 Å². The highest BCUT2D eigenvalue weighted by Crippen LogP contribution is 2.24. The first-order valence-corrected chi connectivity index (χ1v) is 9.07. The summed E-state index contributed by atoms with van der Waals surface area (Å²) in [5.41, 5.74) is 3.55. The van der Waals surface area contributed by atoms with Crippen molar-refractivity contribution in [3.8, 4) is 10.6 Å². The number of aromatic nitrogens is 1. The molecule has 0 aliphatic carbocycles. The Morgan fingerprint density at radius 3 is 2.64 bits per heavy atom. The normalized spacial score (nSPS) is 10.6. The van der Waals surface area contributed by atoms with Crippen LogP contribution < -0.4 is 5.32 Å². The average Bonchev–Trinajstić information content (AvgIpc) is 3.09. The predicted molar refractivity (Wildman–Crippen MR) is 98.9 cm³/mol. The number of thiazole rings is 1. The minimum atomic E-state index is -0.311. The number of aryl methyl sites for hydroxylation is 1. The minimum Gasteiger partial charge on any atom is -0.352 e. The number of halogens is 1. The van der Waals surface area contributed by atoms with E-state index in [1.807, 2.05) is 5.38 Å². The monoisotopic (exact) mass is 354 g/mol. The van der Waals surface area contributed by atoms with E-state index in [0.29, 0.717) is 5.56 Å². The molecule has 1 aromatic heterocycles. The van der Waals surface area contributed by atoms with Gasteiger partial charge in [-0.05, 0) is 18.1 Å². The van der Waals surface area contributed by atoms with Gasteiger partial charge in [0.05, 0.1) is 12.1 Å². The Morgan fingerprint density at radius 1 is 1.16 bits per heavy atom. The second-order valence-electron chi connectivity index (χ2n) is 5.74. The molecule has 5 heteroatoms. The van der Waals surface area contributed by atoms with E-state index in [9.17, 15) is 9.18 Å². The summed E-state index contributed by atoms with van der Waals surface area (Å²) < 4.78 is 13.6. The lowest BCUT2D eigenvalue weighted by Crippen LogP contribution is -2.25. The molecule has 0 bridgehead atoms. The zero-order valence-corrected chi connectivity index (χ0v) is 14.8. The second kappa shape index (κ2) is 8.03. The number of carbonyl (C=O) groups is 1. The molecule has 0 radical (unpaired) electrons. The van der Waals surface area contributed by atoms with E-state index < -0.39 is 0 Å². The summed E-state index contributed by atoms with van der Waals surface area (Å²) in [5, 5.41) is 5.54. The van der Waals surface area contributed by atoms with Gasteiger partial charge in [-0.2, -0.15) is 0 Å². The lowest BCUT2D eigenvalue weighted by molar-refractivity contribution is -0.120. The van der Waals surface area contributed by atoms with E-state index >= 15 is 0 Å². The van der Waals surface area contributed by atoms with Crippen LogP contribution in [-0.2, 0) is 24.2 Å². The third-order valence-corrected chi connectivity index (χ3v) is 4.88. The number of hydrogen-bond acceptors (Lipinski definition) is 3. The number of hydrogen-bond donors (Lipinski definition) is 1. The first kappa shape index (κ1) is 17.3. The van der Waals surface area contributed by atoms with Crippen LogP contribution in [0.5, 0.6) is 0 Å². The van der Waals surface area contributed by atoms with Gasteiger partial charge in [-0.15, -0.1) is 11.3 Å². The van der Waals surface area contributed by atoms with Crippen molar-refractivity contribution in [3.05, 3.63) is 76.5 Å². The van der Waals surface area contributed by atoms with Gasteiger partial charge >= 0.3 is 0 Å². The maximum absolute atomic E-state index is 13.6. The van der Waals surface area contributed by atoms with Gasteiger partial charge in [-0.3, -0.25) is 4.79 Å². The molecular weight excluding hydrogens is 335 g/mol. The molecule has 0 saturated heterocycles. The number of nitrogens with one attached hydrogen (secondary N) is 1. The van der Waals surface area contributed by atoms with Crippen LogP contribution in [0.25, 0.3) is 10.6 Å². The zero-order valence-electron chi connectivity index (χ0n) is 14.0. The van der Waals surface area contributed by atoms with Crippen LogP contribution in [0.3, 0.4) is 0 Å². The number of carbonyl (C=O) groups excluding carboxylic acids is 1. The Labute approximate surface area is 150 Å². The van der Waals surface area contributed by atoms with Gasteiger partial charge in [-0.1, -0.05) is 49.4 Å². The maximum Gasteiger partial charge on any atom is 0.226 e. The van der Waals surface area contributed by atoms with Gasteiger partial charge in [0.1, 0.15) is 10.8 Å². The van der Waals surface area contributed by atoms with Crippen molar-refractivity contribution in [1.29, 1.82) is 0 Å². The summed E-state index contributed by atoms with van der Waals surface area (Å²) >= 11 is 1.52. The first-order valence-electron chi connectivity index (χ1n) is 8.19. The van der Waals surface area contributed by atoms with Crippen LogP contribution in [0.4, 0.5) is 4.39 Å². The predicted octanol–water partition coefficient (Wildman–Crippen LogP) is 4.37. The molecule has 3 rings (SSSR count). The molecule has 128 valence electrons. The van der Waals surface area contributed by atoms with E-state index in [2.05, 4.69) is 41.5 Å². The highest BCUT2D eigenvalue weighted by molar-refractivity contribution is 7.13. The Morgan fingerprint density at radius 2 is 1.92 bits per heavy atom. The van der Waals surface area contributed by atoms with Crippen molar-refractivity contribution in [2.75, 3.05) is 0 Å². The topological polar surface area (TPSA) is 42.0 Å². The van der Waals surface area contributed by atoms with Crippen molar-refractivity contribution in [1.82, 2.24) is 10.3 Å². The molecule has 0 atom stereocenters. The van der Waals surface area contributed by atoms with E-state index in [-0.39, 0.29) is 24.7 Å². The third kappa shape index (κ3) is 4.51. The summed E-state index contributed by atoms with van der Waals surface area (Å²) in [5.74, 6) is -0.476.